The Bertz CT molecular complexity index is 1310. The fourth-order valence-corrected chi connectivity index (χ4v) is 8.31. The van der Waals surface area contributed by atoms with Crippen molar-refractivity contribution in [2.45, 2.75) is 42.9 Å². The molecule has 0 aromatic heterocycles. The molecule has 0 saturated carbocycles. The first-order chi connectivity index (χ1) is 14.4. The van der Waals surface area contributed by atoms with E-state index in [0.717, 1.165) is 0 Å². The topological polar surface area (TPSA) is 68.3 Å². The van der Waals surface area contributed by atoms with Crippen LogP contribution in [0.2, 0.25) is 10.0 Å². The molecule has 0 heterocycles. The number of allylic oxidation sites excluding steroid dienone is 4. The molecule has 4 nitrogen and oxygen atoms in total. The number of halogens is 2. The maximum Gasteiger partial charge on any atom is 0.202 e. The normalized spacial score (nSPS) is 25.8. The van der Waals surface area contributed by atoms with Crippen molar-refractivity contribution in [2.75, 3.05) is 0 Å². The molecule has 0 spiro atoms. The van der Waals surface area contributed by atoms with Gasteiger partial charge in [0.05, 0.1) is 9.79 Å². The van der Waals surface area contributed by atoms with E-state index in [4.69, 9.17) is 23.2 Å². The highest BCUT2D eigenvalue weighted by molar-refractivity contribution is 7.95. The van der Waals surface area contributed by atoms with Gasteiger partial charge in [-0.2, -0.15) is 0 Å². The number of rotatable bonds is 5. The fraction of sp³-hybridized carbons (Fsp3) is 0.304. The number of hydrogen-bond donors (Lipinski definition) is 0. The highest BCUT2D eigenvalue weighted by Gasteiger charge is 2.56. The van der Waals surface area contributed by atoms with Gasteiger partial charge in [-0.1, -0.05) is 49.2 Å². The van der Waals surface area contributed by atoms with E-state index < -0.39 is 30.5 Å². The van der Waals surface area contributed by atoms with Crippen LogP contribution in [-0.4, -0.2) is 16.8 Å². The van der Waals surface area contributed by atoms with Crippen molar-refractivity contribution in [1.82, 2.24) is 0 Å². The zero-order valence-corrected chi connectivity index (χ0v) is 20.2. The third-order valence-electron chi connectivity index (χ3n) is 6.65. The van der Waals surface area contributed by atoms with Crippen LogP contribution in [0.1, 0.15) is 33.1 Å². The van der Waals surface area contributed by atoms with Gasteiger partial charge < -0.3 is 0 Å². The van der Waals surface area contributed by atoms with E-state index >= 15 is 0 Å². The quantitative estimate of drug-likeness (QED) is 0.492. The van der Waals surface area contributed by atoms with Gasteiger partial charge >= 0.3 is 0 Å². The Hall–Kier alpha value is -1.60. The molecule has 2 atom stereocenters. The summed E-state index contributed by atoms with van der Waals surface area (Å²) >= 11 is 11.8. The second kappa shape index (κ2) is 7.48. The minimum absolute atomic E-state index is 0.191. The van der Waals surface area contributed by atoms with Crippen molar-refractivity contribution in [2.24, 2.45) is 10.8 Å². The number of sulfone groups is 2. The summed E-state index contributed by atoms with van der Waals surface area (Å²) < 4.78 is 53.0. The van der Waals surface area contributed by atoms with Crippen LogP contribution in [0.15, 0.2) is 80.3 Å². The molecule has 0 bridgehead atoms. The molecule has 0 radical (unpaired) electrons. The van der Waals surface area contributed by atoms with Gasteiger partial charge in [0, 0.05) is 30.7 Å². The van der Waals surface area contributed by atoms with Crippen molar-refractivity contribution in [3.63, 3.8) is 0 Å². The minimum Gasteiger partial charge on any atom is -0.219 e. The summed E-state index contributed by atoms with van der Waals surface area (Å²) in [5.74, 6) is 0. The lowest BCUT2D eigenvalue weighted by Crippen LogP contribution is -2.29. The summed E-state index contributed by atoms with van der Waals surface area (Å²) in [4.78, 5) is 1.05. The Balaban J connectivity index is 1.72. The van der Waals surface area contributed by atoms with Gasteiger partial charge in [0.25, 0.3) is 0 Å². The van der Waals surface area contributed by atoms with Crippen molar-refractivity contribution in [3.05, 3.63) is 80.5 Å². The molecule has 0 aliphatic heterocycles. The molecule has 0 amide bonds. The van der Waals surface area contributed by atoms with Gasteiger partial charge in [0.2, 0.25) is 19.7 Å². The van der Waals surface area contributed by atoms with Crippen molar-refractivity contribution < 1.29 is 16.8 Å². The summed E-state index contributed by atoms with van der Waals surface area (Å²) in [6.07, 6.45) is 4.70. The zero-order chi connectivity index (χ0) is 22.7. The maximum absolute atomic E-state index is 13.2. The van der Waals surface area contributed by atoms with Crippen LogP contribution in [0.5, 0.6) is 0 Å². The Morgan fingerprint density at radius 3 is 1.55 bits per heavy atom. The van der Waals surface area contributed by atoms with Crippen LogP contribution in [-0.2, 0) is 19.7 Å². The largest absolute Gasteiger partial charge is 0.219 e. The Labute approximate surface area is 193 Å². The summed E-state index contributed by atoms with van der Waals surface area (Å²) in [6, 6.07) is 12.2. The van der Waals surface area contributed by atoms with Gasteiger partial charge in [0.1, 0.15) is 0 Å². The number of fused-ring (bicyclic) bond motifs is 1. The van der Waals surface area contributed by atoms with Crippen molar-refractivity contribution in [1.29, 1.82) is 0 Å². The second-order valence-electron chi connectivity index (χ2n) is 8.42. The Morgan fingerprint density at radius 1 is 0.742 bits per heavy atom. The highest BCUT2D eigenvalue weighted by Crippen LogP contribution is 2.63. The van der Waals surface area contributed by atoms with Crippen molar-refractivity contribution in [3.8, 4) is 0 Å². The van der Waals surface area contributed by atoms with Crippen LogP contribution >= 0.6 is 23.2 Å². The van der Waals surface area contributed by atoms with Crippen LogP contribution in [0.25, 0.3) is 0 Å². The first-order valence-corrected chi connectivity index (χ1v) is 13.6. The molecule has 2 unspecified atom stereocenters. The SMILES string of the molecule is CCC12C=C(S(=O)(=O)c3ccc(Cl)cc3)CC1(C)C=C(S(=O)(=O)c1ccc(Cl)cc1)C2. The molecule has 0 saturated heterocycles. The minimum atomic E-state index is -3.68. The van der Waals surface area contributed by atoms with Gasteiger partial charge in [-0.25, -0.2) is 16.8 Å². The maximum atomic E-state index is 13.2. The first kappa shape index (κ1) is 22.6. The number of hydrogen-bond acceptors (Lipinski definition) is 4. The number of benzene rings is 2. The van der Waals surface area contributed by atoms with Crippen LogP contribution in [0.3, 0.4) is 0 Å². The molecule has 2 aliphatic rings. The fourth-order valence-electron chi connectivity index (χ4n) is 4.73. The molecule has 8 heteroatoms. The molecule has 31 heavy (non-hydrogen) atoms. The zero-order valence-electron chi connectivity index (χ0n) is 17.1. The molecule has 164 valence electrons. The first-order valence-electron chi connectivity index (χ1n) is 9.88. The van der Waals surface area contributed by atoms with E-state index in [1.54, 1.807) is 36.4 Å². The van der Waals surface area contributed by atoms with E-state index in [2.05, 4.69) is 0 Å². The lowest BCUT2D eigenvalue weighted by molar-refractivity contribution is 0.196. The van der Waals surface area contributed by atoms with Crippen LogP contribution in [0.4, 0.5) is 0 Å². The standard InChI is InChI=1S/C23H22Cl2O4S2/c1-3-23-14-20(30(26,27)18-8-4-16(24)5-9-18)12-22(23,2)13-21(15-23)31(28,29)19-10-6-17(25)7-11-19/h4-12,15H,3,13-14H2,1-2H3. The van der Waals surface area contributed by atoms with Gasteiger partial charge in [-0.15, -0.1) is 0 Å². The molecular formula is C23H22Cl2O4S2. The Kier molecular flexibility index (Phi) is 5.45. The highest BCUT2D eigenvalue weighted by atomic mass is 35.5. The molecule has 2 aromatic carbocycles. The van der Waals surface area contributed by atoms with E-state index in [0.29, 0.717) is 26.3 Å². The summed E-state index contributed by atoms with van der Waals surface area (Å²) in [7, 11) is -7.37. The van der Waals surface area contributed by atoms with Gasteiger partial charge in [0.15, 0.2) is 0 Å². The molecule has 4 rings (SSSR count). The second-order valence-corrected chi connectivity index (χ2v) is 13.3. The van der Waals surface area contributed by atoms with Gasteiger partial charge in [-0.05, 0) is 67.8 Å². The monoisotopic (exact) mass is 496 g/mol. The lowest BCUT2D eigenvalue weighted by atomic mass is 9.67. The average molecular weight is 497 g/mol. The predicted molar refractivity (Wildman–Crippen MR) is 124 cm³/mol. The predicted octanol–water partition coefficient (Wildman–Crippen LogP) is 6.22. The van der Waals surface area contributed by atoms with Crippen molar-refractivity contribution >= 4 is 42.9 Å². The average Bonchev–Trinajstić information content (AvgIpc) is 3.17. The van der Waals surface area contributed by atoms with E-state index in [-0.39, 0.29) is 22.6 Å². The molecule has 2 aliphatic carbocycles. The van der Waals surface area contributed by atoms with E-state index in [9.17, 15) is 16.8 Å². The Morgan fingerprint density at radius 2 is 1.16 bits per heavy atom. The van der Waals surface area contributed by atoms with Crippen LogP contribution in [0, 0.1) is 10.8 Å². The molecule has 0 N–H and O–H groups in total. The lowest BCUT2D eigenvalue weighted by Gasteiger charge is -2.36. The molecule has 0 fully saturated rings. The third-order valence-corrected chi connectivity index (χ3v) is 10.8. The summed E-state index contributed by atoms with van der Waals surface area (Å²) in [5.41, 5.74) is -1.18. The summed E-state index contributed by atoms with van der Waals surface area (Å²) in [5, 5.41) is 0.932. The smallest absolute Gasteiger partial charge is 0.202 e. The van der Waals surface area contributed by atoms with E-state index in [1.807, 2.05) is 13.8 Å². The van der Waals surface area contributed by atoms with Crippen LogP contribution < -0.4 is 0 Å². The third kappa shape index (κ3) is 3.58. The molecular weight excluding hydrogens is 475 g/mol. The van der Waals surface area contributed by atoms with E-state index in [1.165, 1.54) is 24.3 Å². The summed E-state index contributed by atoms with van der Waals surface area (Å²) in [6.45, 7) is 3.92. The molecule has 2 aromatic rings. The van der Waals surface area contributed by atoms with Gasteiger partial charge in [-0.3, -0.25) is 0 Å².